The summed E-state index contributed by atoms with van der Waals surface area (Å²) in [5, 5.41) is 5.43. The van der Waals surface area contributed by atoms with Crippen LogP contribution in [-0.2, 0) is 9.59 Å². The third kappa shape index (κ3) is 4.34. The lowest BCUT2D eigenvalue weighted by Crippen LogP contribution is -2.38. The molecule has 2 aromatic carbocycles. The van der Waals surface area contributed by atoms with E-state index in [0.29, 0.717) is 17.2 Å². The molecule has 3 rings (SSSR count). The van der Waals surface area contributed by atoms with Crippen molar-refractivity contribution in [2.75, 3.05) is 11.9 Å². The summed E-state index contributed by atoms with van der Waals surface area (Å²) in [6, 6.07) is 11.7. The van der Waals surface area contributed by atoms with E-state index in [-0.39, 0.29) is 30.8 Å². The van der Waals surface area contributed by atoms with Gasteiger partial charge in [0.1, 0.15) is 5.82 Å². The minimum Gasteiger partial charge on any atom is -0.354 e. The van der Waals surface area contributed by atoms with Gasteiger partial charge in [0, 0.05) is 24.7 Å². The van der Waals surface area contributed by atoms with Crippen molar-refractivity contribution < 1.29 is 14.0 Å². The number of amides is 2. The van der Waals surface area contributed by atoms with E-state index in [9.17, 15) is 14.0 Å². The van der Waals surface area contributed by atoms with Crippen LogP contribution < -0.4 is 16.4 Å². The summed E-state index contributed by atoms with van der Waals surface area (Å²) in [4.78, 5) is 24.5. The lowest BCUT2D eigenvalue weighted by atomic mass is 9.89. The van der Waals surface area contributed by atoms with Gasteiger partial charge in [0.2, 0.25) is 11.8 Å². The maximum absolute atomic E-state index is 13.4. The highest BCUT2D eigenvalue weighted by molar-refractivity contribution is 6.01. The third-order valence-corrected chi connectivity index (χ3v) is 4.90. The minimum atomic E-state index is -0.648. The Kier molecular flexibility index (Phi) is 5.56. The molecule has 1 heterocycles. The van der Waals surface area contributed by atoms with Gasteiger partial charge in [-0.3, -0.25) is 9.59 Å². The van der Waals surface area contributed by atoms with Gasteiger partial charge in [-0.1, -0.05) is 44.2 Å². The first-order valence-corrected chi connectivity index (χ1v) is 9.07. The molecule has 2 amide bonds. The summed E-state index contributed by atoms with van der Waals surface area (Å²) in [7, 11) is 0. The van der Waals surface area contributed by atoms with Crippen molar-refractivity contribution >= 4 is 17.5 Å². The first-order valence-electron chi connectivity index (χ1n) is 9.07. The molecular formula is C21H24FN3O2. The Morgan fingerprint density at radius 1 is 1.22 bits per heavy atom. The Morgan fingerprint density at radius 3 is 2.56 bits per heavy atom. The summed E-state index contributed by atoms with van der Waals surface area (Å²) < 4.78 is 13.4. The molecule has 0 bridgehead atoms. The number of anilines is 1. The van der Waals surface area contributed by atoms with Crippen LogP contribution in [0.2, 0.25) is 0 Å². The number of carbonyl (C=O) groups excluding carboxylic acids is 2. The number of rotatable bonds is 5. The molecular weight excluding hydrogens is 345 g/mol. The third-order valence-electron chi connectivity index (χ3n) is 4.90. The largest absolute Gasteiger partial charge is 0.354 e. The number of carbonyl (C=O) groups is 2. The number of benzene rings is 2. The SMILES string of the molecule is CC(C)c1ccc(C(N)CNC(=O)C2CC(=O)Nc3cc(F)ccc32)cc1. The van der Waals surface area contributed by atoms with E-state index < -0.39 is 11.7 Å². The van der Waals surface area contributed by atoms with E-state index in [2.05, 4.69) is 24.5 Å². The molecule has 2 unspecified atom stereocenters. The Balaban J connectivity index is 1.66. The van der Waals surface area contributed by atoms with E-state index in [1.807, 2.05) is 24.3 Å². The maximum atomic E-state index is 13.4. The van der Waals surface area contributed by atoms with Gasteiger partial charge in [-0.25, -0.2) is 4.39 Å². The van der Waals surface area contributed by atoms with Crippen LogP contribution in [0.25, 0.3) is 0 Å². The van der Waals surface area contributed by atoms with Gasteiger partial charge in [0.15, 0.2) is 0 Å². The van der Waals surface area contributed by atoms with E-state index in [1.54, 1.807) is 6.07 Å². The Bertz CT molecular complexity index is 849. The van der Waals surface area contributed by atoms with Crippen LogP contribution in [-0.4, -0.2) is 18.4 Å². The molecule has 0 saturated carbocycles. The summed E-state index contributed by atoms with van der Waals surface area (Å²) in [6.07, 6.45) is 0.0305. The lowest BCUT2D eigenvalue weighted by molar-refractivity contribution is -0.126. The highest BCUT2D eigenvalue weighted by Gasteiger charge is 2.31. The summed E-state index contributed by atoms with van der Waals surface area (Å²) in [5.74, 6) is -1.25. The molecule has 2 atom stereocenters. The molecule has 142 valence electrons. The first kappa shape index (κ1) is 19.0. The fraction of sp³-hybridized carbons (Fsp3) is 0.333. The van der Waals surface area contributed by atoms with Crippen molar-refractivity contribution in [2.24, 2.45) is 5.73 Å². The molecule has 0 fully saturated rings. The van der Waals surface area contributed by atoms with Gasteiger partial charge in [0.25, 0.3) is 0 Å². The zero-order valence-electron chi connectivity index (χ0n) is 15.5. The molecule has 0 radical (unpaired) electrons. The molecule has 1 aliphatic heterocycles. The van der Waals surface area contributed by atoms with Gasteiger partial charge in [-0.2, -0.15) is 0 Å². The van der Waals surface area contributed by atoms with Gasteiger partial charge < -0.3 is 16.4 Å². The lowest BCUT2D eigenvalue weighted by Gasteiger charge is -2.25. The summed E-state index contributed by atoms with van der Waals surface area (Å²) in [6.45, 7) is 4.51. The van der Waals surface area contributed by atoms with Crippen LogP contribution in [0.1, 0.15) is 54.8 Å². The number of fused-ring (bicyclic) bond motifs is 1. The number of nitrogens with one attached hydrogen (secondary N) is 2. The molecule has 4 N–H and O–H groups in total. The van der Waals surface area contributed by atoms with Gasteiger partial charge in [-0.15, -0.1) is 0 Å². The van der Waals surface area contributed by atoms with Gasteiger partial charge in [0.05, 0.1) is 5.92 Å². The predicted octanol–water partition coefficient (Wildman–Crippen LogP) is 3.19. The minimum absolute atomic E-state index is 0.0305. The van der Waals surface area contributed by atoms with E-state index in [1.165, 1.54) is 17.7 Å². The fourth-order valence-corrected chi connectivity index (χ4v) is 3.25. The van der Waals surface area contributed by atoms with E-state index in [4.69, 9.17) is 5.73 Å². The van der Waals surface area contributed by atoms with Crippen LogP contribution in [0.4, 0.5) is 10.1 Å². The van der Waals surface area contributed by atoms with Crippen LogP contribution in [0.3, 0.4) is 0 Å². The first-order chi connectivity index (χ1) is 12.8. The highest BCUT2D eigenvalue weighted by Crippen LogP contribution is 2.32. The standard InChI is InChI=1S/C21H24FN3O2/c1-12(2)13-3-5-14(6-4-13)18(23)11-24-21(27)17-10-20(26)25-19-9-15(22)7-8-16(17)19/h3-9,12,17-18H,10-11,23H2,1-2H3,(H,24,27)(H,25,26). The second kappa shape index (κ2) is 7.88. The van der Waals surface area contributed by atoms with Gasteiger partial charge in [-0.05, 0) is 34.7 Å². The smallest absolute Gasteiger partial charge is 0.228 e. The molecule has 0 aromatic heterocycles. The van der Waals surface area contributed by atoms with Crippen molar-refractivity contribution in [2.45, 2.75) is 38.1 Å². The van der Waals surface area contributed by atoms with Gasteiger partial charge >= 0.3 is 0 Å². The highest BCUT2D eigenvalue weighted by atomic mass is 19.1. The molecule has 5 nitrogen and oxygen atoms in total. The molecule has 2 aromatic rings. The topological polar surface area (TPSA) is 84.2 Å². The van der Waals surface area contributed by atoms with E-state index >= 15 is 0 Å². The quantitative estimate of drug-likeness (QED) is 0.757. The normalized spacial score (nSPS) is 17.2. The average Bonchev–Trinajstić information content (AvgIpc) is 2.64. The summed E-state index contributed by atoms with van der Waals surface area (Å²) >= 11 is 0. The number of halogens is 1. The Hall–Kier alpha value is -2.73. The Labute approximate surface area is 158 Å². The second-order valence-electron chi connectivity index (χ2n) is 7.21. The van der Waals surface area contributed by atoms with Crippen molar-refractivity contribution in [3.63, 3.8) is 0 Å². The van der Waals surface area contributed by atoms with Crippen LogP contribution >= 0.6 is 0 Å². The van der Waals surface area contributed by atoms with Crippen LogP contribution in [0.15, 0.2) is 42.5 Å². The summed E-state index contributed by atoms with van der Waals surface area (Å²) in [5.41, 5.74) is 9.32. The molecule has 0 saturated heterocycles. The average molecular weight is 369 g/mol. The van der Waals surface area contributed by atoms with Crippen molar-refractivity contribution in [3.8, 4) is 0 Å². The van der Waals surface area contributed by atoms with Crippen molar-refractivity contribution in [1.82, 2.24) is 5.32 Å². The second-order valence-corrected chi connectivity index (χ2v) is 7.21. The number of nitrogens with two attached hydrogens (primary N) is 1. The van der Waals surface area contributed by atoms with E-state index in [0.717, 1.165) is 5.56 Å². The zero-order valence-corrected chi connectivity index (χ0v) is 15.5. The zero-order chi connectivity index (χ0) is 19.6. The number of hydrogen-bond acceptors (Lipinski definition) is 3. The predicted molar refractivity (Wildman–Crippen MR) is 103 cm³/mol. The Morgan fingerprint density at radius 2 is 1.89 bits per heavy atom. The number of hydrogen-bond donors (Lipinski definition) is 3. The van der Waals surface area contributed by atoms with Crippen LogP contribution in [0.5, 0.6) is 0 Å². The maximum Gasteiger partial charge on any atom is 0.228 e. The fourth-order valence-electron chi connectivity index (χ4n) is 3.25. The molecule has 6 heteroatoms. The van der Waals surface area contributed by atoms with Crippen LogP contribution in [0, 0.1) is 5.82 Å². The molecule has 27 heavy (non-hydrogen) atoms. The molecule has 0 spiro atoms. The van der Waals surface area contributed by atoms with Crippen molar-refractivity contribution in [1.29, 1.82) is 0 Å². The van der Waals surface area contributed by atoms with Crippen molar-refractivity contribution in [3.05, 3.63) is 65.0 Å². The monoisotopic (exact) mass is 369 g/mol. The molecule has 0 aliphatic carbocycles. The molecule has 1 aliphatic rings.